The first kappa shape index (κ1) is 15.4. The van der Waals surface area contributed by atoms with Gasteiger partial charge in [-0.15, -0.1) is 0 Å². The van der Waals surface area contributed by atoms with E-state index in [4.69, 9.17) is 0 Å². The molecule has 0 radical (unpaired) electrons. The molecule has 0 saturated carbocycles. The Hall–Kier alpha value is -2.53. The molecule has 0 atom stereocenters. The van der Waals surface area contributed by atoms with Crippen LogP contribution in [-0.4, -0.2) is 15.1 Å². The van der Waals surface area contributed by atoms with Crippen molar-refractivity contribution >= 4 is 11.3 Å². The lowest BCUT2D eigenvalue weighted by Gasteiger charge is -2.11. The molecule has 0 aliphatic heterocycles. The van der Waals surface area contributed by atoms with Gasteiger partial charge in [-0.05, 0) is 32.4 Å². The van der Waals surface area contributed by atoms with Gasteiger partial charge in [0.1, 0.15) is 10.6 Å². The highest BCUT2D eigenvalue weighted by molar-refractivity contribution is 7.12. The average Bonchev–Trinajstić information content (AvgIpc) is 2.49. The molecule has 116 valence electrons. The summed E-state index contributed by atoms with van der Waals surface area (Å²) >= 11 is 1.03. The van der Waals surface area contributed by atoms with Crippen LogP contribution in [0.3, 0.4) is 0 Å². The minimum absolute atomic E-state index is 0.215. The molecule has 0 aliphatic rings. The normalized spacial score (nSPS) is 10.7. The van der Waals surface area contributed by atoms with Crippen molar-refractivity contribution in [1.29, 1.82) is 0 Å². The summed E-state index contributed by atoms with van der Waals surface area (Å²) in [5, 5.41) is 10.9. The number of hydrogen-bond acceptors (Lipinski definition) is 5. The fourth-order valence-electron chi connectivity index (χ4n) is 2.72. The van der Waals surface area contributed by atoms with Gasteiger partial charge in [-0.2, -0.15) is 0 Å². The Bertz CT molecular complexity index is 910. The Balaban J connectivity index is 2.22. The third kappa shape index (κ3) is 2.87. The maximum atomic E-state index is 12.6. The number of aromatic nitrogens is 2. The highest BCUT2D eigenvalue weighted by Crippen LogP contribution is 2.32. The van der Waals surface area contributed by atoms with Crippen LogP contribution in [0.2, 0.25) is 0 Å². The molecule has 0 fully saturated rings. The lowest BCUT2D eigenvalue weighted by Crippen LogP contribution is -2.06. The van der Waals surface area contributed by atoms with Crippen molar-refractivity contribution in [3.8, 4) is 27.6 Å². The van der Waals surface area contributed by atoms with Gasteiger partial charge in [0.2, 0.25) is 10.6 Å². The van der Waals surface area contributed by atoms with E-state index in [1.807, 2.05) is 57.2 Å². The van der Waals surface area contributed by atoms with Crippen LogP contribution in [0.5, 0.6) is 5.88 Å². The van der Waals surface area contributed by atoms with Crippen molar-refractivity contribution < 1.29 is 5.11 Å². The molecule has 0 saturated heterocycles. The third-order valence-electron chi connectivity index (χ3n) is 3.62. The SMILES string of the molecule is Cc1cc(C)c(-c2c(O)nc(-c3ccccc3)sc2=O)c(C)n1. The van der Waals surface area contributed by atoms with Gasteiger partial charge in [0.05, 0.1) is 0 Å². The van der Waals surface area contributed by atoms with Crippen LogP contribution < -0.4 is 4.74 Å². The van der Waals surface area contributed by atoms with Gasteiger partial charge in [0.25, 0.3) is 0 Å². The smallest absolute Gasteiger partial charge is 0.247 e. The van der Waals surface area contributed by atoms with Crippen molar-refractivity contribution in [2.75, 3.05) is 0 Å². The summed E-state index contributed by atoms with van der Waals surface area (Å²) in [4.78, 5) is 21.2. The number of aryl methyl sites for hydroxylation is 3. The van der Waals surface area contributed by atoms with Crippen molar-refractivity contribution in [1.82, 2.24) is 9.97 Å². The molecule has 2 aromatic heterocycles. The van der Waals surface area contributed by atoms with Crippen LogP contribution in [-0.2, 0) is 0 Å². The molecule has 1 N–H and O–H groups in total. The van der Waals surface area contributed by atoms with E-state index in [9.17, 15) is 9.90 Å². The molecule has 0 bridgehead atoms. The summed E-state index contributed by atoms with van der Waals surface area (Å²) in [5.41, 5.74) is 4.22. The first-order valence-corrected chi connectivity index (χ1v) is 8.03. The van der Waals surface area contributed by atoms with Crippen molar-refractivity contribution in [2.24, 2.45) is 0 Å². The minimum Gasteiger partial charge on any atom is -0.493 e. The van der Waals surface area contributed by atoms with Gasteiger partial charge in [0.15, 0.2) is 0 Å². The minimum atomic E-state index is -0.246. The predicted octanol–water partition coefficient (Wildman–Crippen LogP) is 3.86. The molecule has 3 aromatic rings. The summed E-state index contributed by atoms with van der Waals surface area (Å²) < 4.78 is -0.215. The predicted molar refractivity (Wildman–Crippen MR) is 92.9 cm³/mol. The summed E-state index contributed by atoms with van der Waals surface area (Å²) in [7, 11) is 0. The second kappa shape index (κ2) is 5.93. The summed E-state index contributed by atoms with van der Waals surface area (Å²) in [6.07, 6.45) is 0. The quantitative estimate of drug-likeness (QED) is 0.777. The van der Waals surface area contributed by atoms with Gasteiger partial charge in [-0.3, -0.25) is 9.78 Å². The monoisotopic (exact) mass is 324 g/mol. The average molecular weight is 324 g/mol. The lowest BCUT2D eigenvalue weighted by atomic mass is 10.0. The zero-order valence-electron chi connectivity index (χ0n) is 13.1. The Labute approximate surface area is 138 Å². The van der Waals surface area contributed by atoms with E-state index in [1.54, 1.807) is 0 Å². The van der Waals surface area contributed by atoms with E-state index >= 15 is 0 Å². The van der Waals surface area contributed by atoms with Crippen LogP contribution in [0.15, 0.2) is 41.2 Å². The molecular weight excluding hydrogens is 308 g/mol. The van der Waals surface area contributed by atoms with Crippen LogP contribution >= 0.6 is 11.3 Å². The topological polar surface area (TPSA) is 63.1 Å². The standard InChI is InChI=1S/C18H16N2O2S/c1-10-9-11(2)19-12(3)14(10)15-16(21)20-17(23-18(15)22)13-7-5-4-6-8-13/h4-9,21H,1-3H3. The van der Waals surface area contributed by atoms with Gasteiger partial charge in [0, 0.05) is 22.5 Å². The molecule has 0 aliphatic carbocycles. The zero-order valence-corrected chi connectivity index (χ0v) is 13.9. The fourth-order valence-corrected chi connectivity index (χ4v) is 3.58. The third-order valence-corrected chi connectivity index (χ3v) is 4.53. The number of pyridine rings is 1. The zero-order chi connectivity index (χ0) is 16.6. The second-order valence-corrected chi connectivity index (χ2v) is 6.37. The molecule has 3 rings (SSSR count). The molecular formula is C18H16N2O2S. The summed E-state index contributed by atoms with van der Waals surface area (Å²) in [5.74, 6) is -0.246. The van der Waals surface area contributed by atoms with Crippen molar-refractivity contribution in [3.63, 3.8) is 0 Å². The maximum absolute atomic E-state index is 12.6. The van der Waals surface area contributed by atoms with E-state index in [2.05, 4.69) is 9.97 Å². The van der Waals surface area contributed by atoms with E-state index in [-0.39, 0.29) is 16.2 Å². The molecule has 5 heteroatoms. The molecule has 0 amide bonds. The molecule has 1 aromatic carbocycles. The molecule has 0 unspecified atom stereocenters. The Morgan fingerprint density at radius 2 is 1.70 bits per heavy atom. The summed E-state index contributed by atoms with van der Waals surface area (Å²) in [6.45, 7) is 5.65. The second-order valence-electron chi connectivity index (χ2n) is 5.41. The van der Waals surface area contributed by atoms with Crippen LogP contribution in [0.1, 0.15) is 17.0 Å². The van der Waals surface area contributed by atoms with Gasteiger partial charge >= 0.3 is 0 Å². The number of hydrogen-bond donors (Lipinski definition) is 1. The maximum Gasteiger partial charge on any atom is 0.247 e. The van der Waals surface area contributed by atoms with E-state index in [1.165, 1.54) is 0 Å². The van der Waals surface area contributed by atoms with E-state index in [0.717, 1.165) is 33.9 Å². The first-order valence-electron chi connectivity index (χ1n) is 7.22. The highest BCUT2D eigenvalue weighted by atomic mass is 32.1. The Morgan fingerprint density at radius 3 is 2.30 bits per heavy atom. The van der Waals surface area contributed by atoms with Crippen LogP contribution in [0.4, 0.5) is 0 Å². The molecule has 0 spiro atoms. The van der Waals surface area contributed by atoms with Crippen LogP contribution in [0.25, 0.3) is 21.7 Å². The van der Waals surface area contributed by atoms with Crippen molar-refractivity contribution in [3.05, 3.63) is 62.9 Å². The van der Waals surface area contributed by atoms with Gasteiger partial charge in [-0.1, -0.05) is 41.7 Å². The Morgan fingerprint density at radius 1 is 1.00 bits per heavy atom. The highest BCUT2D eigenvalue weighted by Gasteiger charge is 2.19. The number of nitrogens with zero attached hydrogens (tertiary/aromatic N) is 2. The van der Waals surface area contributed by atoms with Gasteiger partial charge < -0.3 is 5.11 Å². The van der Waals surface area contributed by atoms with Crippen molar-refractivity contribution in [2.45, 2.75) is 20.8 Å². The Kier molecular flexibility index (Phi) is 3.96. The first-order chi connectivity index (χ1) is 11.0. The van der Waals surface area contributed by atoms with Crippen LogP contribution in [0, 0.1) is 20.8 Å². The molecule has 4 nitrogen and oxygen atoms in total. The van der Waals surface area contributed by atoms with E-state index in [0.29, 0.717) is 10.6 Å². The van der Waals surface area contributed by atoms with E-state index < -0.39 is 0 Å². The number of rotatable bonds is 2. The number of aromatic hydroxyl groups is 1. The molecule has 23 heavy (non-hydrogen) atoms. The number of benzene rings is 1. The van der Waals surface area contributed by atoms with Gasteiger partial charge in [-0.25, -0.2) is 4.98 Å². The largest absolute Gasteiger partial charge is 0.493 e. The fraction of sp³-hybridized carbons (Fsp3) is 0.167. The molecule has 2 heterocycles. The lowest BCUT2D eigenvalue weighted by molar-refractivity contribution is 0.456. The summed E-state index contributed by atoms with van der Waals surface area (Å²) in [6, 6.07) is 11.3.